The zero-order chi connectivity index (χ0) is 17.0. The minimum atomic E-state index is -4.35. The van der Waals surface area contributed by atoms with Crippen LogP contribution in [0.5, 0.6) is 0 Å². The zero-order valence-corrected chi connectivity index (χ0v) is 12.6. The number of nitrogens with one attached hydrogen (secondary N) is 2. The van der Waals surface area contributed by atoms with Crippen molar-refractivity contribution >= 4 is 23.1 Å². The van der Waals surface area contributed by atoms with E-state index < -0.39 is 11.7 Å². The number of benzene rings is 1. The van der Waals surface area contributed by atoms with Crippen LogP contribution in [0.3, 0.4) is 0 Å². The summed E-state index contributed by atoms with van der Waals surface area (Å²) in [5, 5.41) is 5.60. The number of alkyl halides is 3. The van der Waals surface area contributed by atoms with Crippen molar-refractivity contribution < 1.29 is 18.0 Å². The summed E-state index contributed by atoms with van der Waals surface area (Å²) in [7, 11) is 0. The van der Waals surface area contributed by atoms with Gasteiger partial charge in [0.15, 0.2) is 0 Å². The van der Waals surface area contributed by atoms with Crippen molar-refractivity contribution in [3.05, 3.63) is 48.2 Å². The number of carbonyl (C=O) groups is 1. The molecule has 0 aliphatic carbocycles. The average molecular weight is 323 g/mol. The van der Waals surface area contributed by atoms with E-state index in [0.29, 0.717) is 17.2 Å². The van der Waals surface area contributed by atoms with Gasteiger partial charge in [-0.15, -0.1) is 0 Å². The molecule has 2 N–H and O–H groups in total. The number of halogens is 3. The molecule has 0 fully saturated rings. The van der Waals surface area contributed by atoms with E-state index >= 15 is 0 Å². The Morgan fingerprint density at radius 3 is 2.13 bits per heavy atom. The Hall–Kier alpha value is -2.57. The molecule has 0 radical (unpaired) electrons. The summed E-state index contributed by atoms with van der Waals surface area (Å²) in [6, 6.07) is 8.00. The third-order valence-electron chi connectivity index (χ3n) is 3.04. The molecule has 0 atom stereocenters. The molecule has 4 nitrogen and oxygen atoms in total. The van der Waals surface area contributed by atoms with Gasteiger partial charge in [0.25, 0.3) is 0 Å². The molecule has 0 spiro atoms. The van der Waals surface area contributed by atoms with E-state index in [9.17, 15) is 18.0 Å². The first-order valence-electron chi connectivity index (χ1n) is 6.97. The van der Waals surface area contributed by atoms with Gasteiger partial charge >= 0.3 is 6.18 Å². The summed E-state index contributed by atoms with van der Waals surface area (Å²) in [5.74, 6) is 0.129. The van der Waals surface area contributed by atoms with E-state index in [2.05, 4.69) is 15.6 Å². The van der Waals surface area contributed by atoms with E-state index in [-0.39, 0.29) is 11.8 Å². The van der Waals surface area contributed by atoms with Crippen molar-refractivity contribution in [2.75, 3.05) is 10.6 Å². The molecule has 7 heteroatoms. The third-order valence-corrected chi connectivity index (χ3v) is 3.04. The highest BCUT2D eigenvalue weighted by atomic mass is 19.4. The molecule has 0 saturated heterocycles. The van der Waals surface area contributed by atoms with Crippen LogP contribution in [0.2, 0.25) is 0 Å². The maximum Gasteiger partial charge on any atom is 0.416 e. The van der Waals surface area contributed by atoms with Crippen molar-refractivity contribution in [1.29, 1.82) is 0 Å². The quantitative estimate of drug-likeness (QED) is 0.874. The van der Waals surface area contributed by atoms with Crippen molar-refractivity contribution in [3.8, 4) is 0 Å². The number of amides is 1. The lowest BCUT2D eigenvalue weighted by Gasteiger charge is -2.10. The van der Waals surface area contributed by atoms with E-state index in [4.69, 9.17) is 0 Å². The molecule has 1 heterocycles. The highest BCUT2D eigenvalue weighted by molar-refractivity contribution is 5.91. The number of aromatic nitrogens is 1. The van der Waals surface area contributed by atoms with Gasteiger partial charge in [-0.3, -0.25) is 4.79 Å². The van der Waals surface area contributed by atoms with E-state index in [1.165, 1.54) is 18.3 Å². The summed E-state index contributed by atoms with van der Waals surface area (Å²) < 4.78 is 37.5. The number of pyridine rings is 1. The normalized spacial score (nSPS) is 11.4. The Morgan fingerprint density at radius 1 is 1.04 bits per heavy atom. The number of hydrogen-bond acceptors (Lipinski definition) is 3. The Balaban J connectivity index is 2.02. The SMILES string of the molecule is CC(C)C(=O)Nc1ccc(Nc2ccc(C(F)(F)F)cc2)cn1. The van der Waals surface area contributed by atoms with Crippen LogP contribution in [-0.2, 0) is 11.0 Å². The summed E-state index contributed by atoms with van der Waals surface area (Å²) in [5.41, 5.74) is 0.416. The minimum absolute atomic E-state index is 0.138. The van der Waals surface area contributed by atoms with Gasteiger partial charge in [-0.2, -0.15) is 13.2 Å². The van der Waals surface area contributed by atoms with Crippen molar-refractivity contribution in [2.24, 2.45) is 5.92 Å². The molecule has 2 aromatic rings. The molecule has 23 heavy (non-hydrogen) atoms. The predicted octanol–water partition coefficient (Wildman–Crippen LogP) is 4.44. The smallest absolute Gasteiger partial charge is 0.354 e. The van der Waals surface area contributed by atoms with Crippen molar-refractivity contribution in [2.45, 2.75) is 20.0 Å². The monoisotopic (exact) mass is 323 g/mol. The Bertz CT molecular complexity index is 664. The summed E-state index contributed by atoms with van der Waals surface area (Å²) in [6.07, 6.45) is -2.86. The highest BCUT2D eigenvalue weighted by Gasteiger charge is 2.29. The molecule has 122 valence electrons. The van der Waals surface area contributed by atoms with E-state index in [0.717, 1.165) is 12.1 Å². The van der Waals surface area contributed by atoms with Gasteiger partial charge in [0, 0.05) is 11.6 Å². The molecule has 1 aromatic carbocycles. The largest absolute Gasteiger partial charge is 0.416 e. The molecule has 0 aliphatic rings. The Kier molecular flexibility index (Phi) is 4.88. The first-order valence-corrected chi connectivity index (χ1v) is 6.97. The van der Waals surface area contributed by atoms with Crippen LogP contribution >= 0.6 is 0 Å². The van der Waals surface area contributed by atoms with Gasteiger partial charge in [0.05, 0.1) is 17.4 Å². The van der Waals surface area contributed by atoms with Crippen LogP contribution in [0, 0.1) is 5.92 Å². The zero-order valence-electron chi connectivity index (χ0n) is 12.6. The lowest BCUT2D eigenvalue weighted by Crippen LogP contribution is -2.18. The topological polar surface area (TPSA) is 54.0 Å². The van der Waals surface area contributed by atoms with Gasteiger partial charge in [-0.05, 0) is 36.4 Å². The first kappa shape index (κ1) is 16.8. The maximum atomic E-state index is 12.5. The van der Waals surface area contributed by atoms with Crippen molar-refractivity contribution in [1.82, 2.24) is 4.98 Å². The summed E-state index contributed by atoms with van der Waals surface area (Å²) in [4.78, 5) is 15.6. The van der Waals surface area contributed by atoms with Crippen LogP contribution in [0.25, 0.3) is 0 Å². The average Bonchev–Trinajstić information content (AvgIpc) is 2.49. The van der Waals surface area contributed by atoms with Crippen LogP contribution in [0.4, 0.5) is 30.4 Å². The van der Waals surface area contributed by atoms with Gasteiger partial charge in [-0.1, -0.05) is 13.8 Å². The van der Waals surface area contributed by atoms with E-state index in [1.54, 1.807) is 26.0 Å². The number of anilines is 3. The number of nitrogens with zero attached hydrogens (tertiary/aromatic N) is 1. The molecular formula is C16H16F3N3O. The second-order valence-corrected chi connectivity index (χ2v) is 5.28. The van der Waals surface area contributed by atoms with Gasteiger partial charge in [-0.25, -0.2) is 4.98 Å². The number of carbonyl (C=O) groups excluding carboxylic acids is 1. The second-order valence-electron chi connectivity index (χ2n) is 5.28. The number of hydrogen-bond donors (Lipinski definition) is 2. The molecule has 0 unspecified atom stereocenters. The minimum Gasteiger partial charge on any atom is -0.354 e. The highest BCUT2D eigenvalue weighted by Crippen LogP contribution is 2.30. The van der Waals surface area contributed by atoms with Gasteiger partial charge in [0.2, 0.25) is 5.91 Å². The predicted molar refractivity (Wildman–Crippen MR) is 82.4 cm³/mol. The second kappa shape index (κ2) is 6.68. The number of rotatable bonds is 4. The Labute approximate surface area is 131 Å². The molecule has 0 bridgehead atoms. The fourth-order valence-electron chi connectivity index (χ4n) is 1.72. The first-order chi connectivity index (χ1) is 10.8. The van der Waals surface area contributed by atoms with E-state index in [1.807, 2.05) is 0 Å². The Morgan fingerprint density at radius 2 is 1.65 bits per heavy atom. The van der Waals surface area contributed by atoms with Crippen LogP contribution < -0.4 is 10.6 Å². The fourth-order valence-corrected chi connectivity index (χ4v) is 1.72. The van der Waals surface area contributed by atoms with Gasteiger partial charge < -0.3 is 10.6 Å². The molecular weight excluding hydrogens is 307 g/mol. The summed E-state index contributed by atoms with van der Waals surface area (Å²) in [6.45, 7) is 3.55. The molecule has 1 amide bonds. The van der Waals surface area contributed by atoms with Crippen LogP contribution in [-0.4, -0.2) is 10.9 Å². The van der Waals surface area contributed by atoms with Crippen LogP contribution in [0.1, 0.15) is 19.4 Å². The molecule has 0 saturated carbocycles. The van der Waals surface area contributed by atoms with Crippen LogP contribution in [0.15, 0.2) is 42.6 Å². The molecule has 0 aliphatic heterocycles. The molecule has 1 aromatic heterocycles. The lowest BCUT2D eigenvalue weighted by atomic mass is 10.2. The third kappa shape index (κ3) is 4.70. The molecule has 2 rings (SSSR count). The van der Waals surface area contributed by atoms with Gasteiger partial charge in [0.1, 0.15) is 5.82 Å². The van der Waals surface area contributed by atoms with Crippen molar-refractivity contribution in [3.63, 3.8) is 0 Å². The lowest BCUT2D eigenvalue weighted by molar-refractivity contribution is -0.137. The maximum absolute atomic E-state index is 12.5. The summed E-state index contributed by atoms with van der Waals surface area (Å²) >= 11 is 0. The fraction of sp³-hybridized carbons (Fsp3) is 0.250. The standard InChI is InChI=1S/C16H16F3N3O/c1-10(2)15(23)22-14-8-7-13(9-20-14)21-12-5-3-11(4-6-12)16(17,18)19/h3-10,21H,1-2H3,(H,20,22,23).